The molecule has 1 N–H and O–H groups in total. The van der Waals surface area contributed by atoms with Gasteiger partial charge in [0, 0.05) is 19.2 Å². The van der Waals surface area contributed by atoms with E-state index in [0.29, 0.717) is 5.82 Å². The number of nitro groups is 2. The Hall–Kier alpha value is -2.97. The van der Waals surface area contributed by atoms with Gasteiger partial charge in [0.1, 0.15) is 11.5 Å². The first-order valence-corrected chi connectivity index (χ1v) is 5.17. The predicted molar refractivity (Wildman–Crippen MR) is 66.2 cm³/mol. The van der Waals surface area contributed by atoms with Gasteiger partial charge in [-0.3, -0.25) is 24.9 Å². The summed E-state index contributed by atoms with van der Waals surface area (Å²) in [5.41, 5.74) is -0.531. The van der Waals surface area contributed by atoms with E-state index in [4.69, 9.17) is 0 Å². The van der Waals surface area contributed by atoms with Crippen LogP contribution in [-0.2, 0) is 7.05 Å². The molecule has 0 bridgehead atoms. The Morgan fingerprint density at radius 3 is 2.47 bits per heavy atom. The van der Waals surface area contributed by atoms with Gasteiger partial charge in [-0.15, -0.1) is 0 Å². The van der Waals surface area contributed by atoms with Gasteiger partial charge in [0.25, 0.3) is 11.4 Å². The van der Waals surface area contributed by atoms with Crippen molar-refractivity contribution in [1.82, 2.24) is 9.78 Å². The number of hydrogen-bond acceptors (Lipinski definition) is 6. The number of non-ortho nitro benzene ring substituents is 1. The zero-order valence-electron chi connectivity index (χ0n) is 9.81. The number of aryl methyl sites for hydroxylation is 1. The van der Waals surface area contributed by atoms with Crippen LogP contribution in [0.2, 0.25) is 0 Å². The van der Waals surface area contributed by atoms with Crippen LogP contribution in [0, 0.1) is 20.2 Å². The molecule has 1 aromatic carbocycles. The fourth-order valence-electron chi connectivity index (χ4n) is 1.52. The summed E-state index contributed by atoms with van der Waals surface area (Å²) in [5.74, 6) is 0.539. The lowest BCUT2D eigenvalue weighted by molar-refractivity contribution is -0.393. The fraction of sp³-hybridized carbons (Fsp3) is 0.100. The van der Waals surface area contributed by atoms with Gasteiger partial charge in [-0.2, -0.15) is 5.10 Å². The van der Waals surface area contributed by atoms with E-state index in [-0.39, 0.29) is 17.1 Å². The Morgan fingerprint density at radius 1 is 1.21 bits per heavy atom. The molecule has 19 heavy (non-hydrogen) atoms. The third kappa shape index (κ3) is 2.49. The summed E-state index contributed by atoms with van der Waals surface area (Å²) < 4.78 is 1.49. The molecule has 98 valence electrons. The van der Waals surface area contributed by atoms with Gasteiger partial charge in [0.2, 0.25) is 0 Å². The minimum absolute atomic E-state index is 0.166. The van der Waals surface area contributed by atoms with Gasteiger partial charge in [-0.05, 0) is 6.07 Å². The van der Waals surface area contributed by atoms with Crippen LogP contribution < -0.4 is 5.32 Å². The van der Waals surface area contributed by atoms with Crippen molar-refractivity contribution in [3.63, 3.8) is 0 Å². The molecule has 9 heteroatoms. The first-order chi connectivity index (χ1) is 8.99. The van der Waals surface area contributed by atoms with E-state index in [9.17, 15) is 20.2 Å². The van der Waals surface area contributed by atoms with Gasteiger partial charge in [0.15, 0.2) is 0 Å². The third-order valence-corrected chi connectivity index (χ3v) is 2.47. The number of rotatable bonds is 4. The Morgan fingerprint density at radius 2 is 1.95 bits per heavy atom. The Balaban J connectivity index is 2.43. The molecule has 0 saturated heterocycles. The Labute approximate surface area is 106 Å². The van der Waals surface area contributed by atoms with Gasteiger partial charge in [0.05, 0.1) is 22.1 Å². The standard InChI is InChI=1S/C10H9N5O4/c1-13-10(4-5-11-13)12-8-3-2-7(14(16)17)6-9(8)15(18)19/h2-6,12H,1H3. The van der Waals surface area contributed by atoms with Crippen molar-refractivity contribution in [3.8, 4) is 0 Å². The Bertz CT molecular complexity index is 651. The Kier molecular flexibility index (Phi) is 3.10. The highest BCUT2D eigenvalue weighted by Gasteiger charge is 2.19. The highest BCUT2D eigenvalue weighted by atomic mass is 16.6. The van der Waals surface area contributed by atoms with Gasteiger partial charge >= 0.3 is 0 Å². The van der Waals surface area contributed by atoms with Crippen molar-refractivity contribution in [2.45, 2.75) is 0 Å². The van der Waals surface area contributed by atoms with Gasteiger partial charge in [-0.25, -0.2) is 0 Å². The normalized spacial score (nSPS) is 10.2. The first kappa shape index (κ1) is 12.5. The van der Waals surface area contributed by atoms with Crippen molar-refractivity contribution < 1.29 is 9.85 Å². The molecule has 0 fully saturated rings. The predicted octanol–water partition coefficient (Wildman–Crippen LogP) is 1.98. The number of aromatic nitrogens is 2. The number of nitro benzene ring substituents is 2. The molecular weight excluding hydrogens is 254 g/mol. The molecule has 0 unspecified atom stereocenters. The minimum atomic E-state index is -0.680. The molecule has 1 heterocycles. The van der Waals surface area contributed by atoms with Gasteiger partial charge < -0.3 is 5.32 Å². The average molecular weight is 263 g/mol. The third-order valence-electron chi connectivity index (χ3n) is 2.47. The van der Waals surface area contributed by atoms with E-state index in [1.807, 2.05) is 0 Å². The van der Waals surface area contributed by atoms with Crippen molar-refractivity contribution in [2.75, 3.05) is 5.32 Å². The molecule has 0 aliphatic carbocycles. The number of nitrogens with zero attached hydrogens (tertiary/aromatic N) is 4. The van der Waals surface area contributed by atoms with E-state index < -0.39 is 9.85 Å². The lowest BCUT2D eigenvalue weighted by Gasteiger charge is -2.06. The van der Waals surface area contributed by atoms with Crippen LogP contribution in [0.1, 0.15) is 0 Å². The van der Waals surface area contributed by atoms with Crippen LogP contribution in [0.25, 0.3) is 0 Å². The number of hydrogen-bond donors (Lipinski definition) is 1. The summed E-state index contributed by atoms with van der Waals surface area (Å²) >= 11 is 0. The molecule has 0 spiro atoms. The zero-order chi connectivity index (χ0) is 14.0. The lowest BCUT2D eigenvalue weighted by atomic mass is 10.2. The highest BCUT2D eigenvalue weighted by Crippen LogP contribution is 2.30. The van der Waals surface area contributed by atoms with E-state index in [0.717, 1.165) is 6.07 Å². The molecule has 1 aromatic heterocycles. The van der Waals surface area contributed by atoms with Crippen LogP contribution in [0.15, 0.2) is 30.5 Å². The average Bonchev–Trinajstić information content (AvgIpc) is 2.75. The summed E-state index contributed by atoms with van der Waals surface area (Å²) in [7, 11) is 1.67. The molecule has 2 aromatic rings. The number of nitrogens with one attached hydrogen (secondary N) is 1. The molecule has 0 atom stereocenters. The molecule has 0 radical (unpaired) electrons. The van der Waals surface area contributed by atoms with Crippen molar-refractivity contribution in [2.24, 2.45) is 7.05 Å². The monoisotopic (exact) mass is 263 g/mol. The van der Waals surface area contributed by atoms with Crippen LogP contribution in [0.3, 0.4) is 0 Å². The van der Waals surface area contributed by atoms with Crippen LogP contribution >= 0.6 is 0 Å². The second-order valence-electron chi connectivity index (χ2n) is 3.68. The second-order valence-corrected chi connectivity index (χ2v) is 3.68. The van der Waals surface area contributed by atoms with Gasteiger partial charge in [-0.1, -0.05) is 0 Å². The number of benzene rings is 1. The SMILES string of the molecule is Cn1nccc1Nc1ccc([N+](=O)[O-])cc1[N+](=O)[O-]. The maximum atomic E-state index is 10.9. The summed E-state index contributed by atoms with van der Waals surface area (Å²) in [6.07, 6.45) is 1.53. The summed E-state index contributed by atoms with van der Waals surface area (Å²) in [6, 6.07) is 5.04. The first-order valence-electron chi connectivity index (χ1n) is 5.17. The topological polar surface area (TPSA) is 116 Å². The van der Waals surface area contributed by atoms with E-state index in [1.165, 1.54) is 23.0 Å². The summed E-state index contributed by atoms with van der Waals surface area (Å²) in [5, 5.41) is 28.3. The van der Waals surface area contributed by atoms with Crippen molar-refractivity contribution in [1.29, 1.82) is 0 Å². The molecule has 2 rings (SSSR count). The van der Waals surface area contributed by atoms with Crippen molar-refractivity contribution >= 4 is 22.9 Å². The molecule has 9 nitrogen and oxygen atoms in total. The van der Waals surface area contributed by atoms with E-state index in [2.05, 4.69) is 10.4 Å². The molecule has 0 aliphatic rings. The molecule has 0 saturated carbocycles. The largest absolute Gasteiger partial charge is 0.335 e. The maximum absolute atomic E-state index is 10.9. The number of anilines is 2. The quantitative estimate of drug-likeness (QED) is 0.665. The maximum Gasteiger partial charge on any atom is 0.299 e. The van der Waals surface area contributed by atoms with E-state index in [1.54, 1.807) is 13.1 Å². The van der Waals surface area contributed by atoms with E-state index >= 15 is 0 Å². The fourth-order valence-corrected chi connectivity index (χ4v) is 1.52. The van der Waals surface area contributed by atoms with Crippen molar-refractivity contribution in [3.05, 3.63) is 50.7 Å². The molecular formula is C10H9N5O4. The second kappa shape index (κ2) is 4.72. The van der Waals surface area contributed by atoms with Crippen LogP contribution in [0.5, 0.6) is 0 Å². The molecule has 0 amide bonds. The summed E-state index contributed by atoms with van der Waals surface area (Å²) in [4.78, 5) is 20.2. The summed E-state index contributed by atoms with van der Waals surface area (Å²) in [6.45, 7) is 0. The smallest absolute Gasteiger partial charge is 0.299 e. The lowest BCUT2D eigenvalue weighted by Crippen LogP contribution is -2.02. The van der Waals surface area contributed by atoms with Crippen LogP contribution in [-0.4, -0.2) is 19.6 Å². The zero-order valence-corrected chi connectivity index (χ0v) is 9.81. The van der Waals surface area contributed by atoms with Crippen LogP contribution in [0.4, 0.5) is 22.9 Å². The highest BCUT2D eigenvalue weighted by molar-refractivity contribution is 5.70. The molecule has 0 aliphatic heterocycles. The minimum Gasteiger partial charge on any atom is -0.335 e.